The number of benzene rings is 1. The molecule has 9 heteroatoms. The van der Waals surface area contributed by atoms with E-state index in [0.29, 0.717) is 5.82 Å². The third kappa shape index (κ3) is 4.25. The molecule has 1 atom stereocenters. The molecule has 3 N–H and O–H groups in total. The van der Waals surface area contributed by atoms with Crippen molar-refractivity contribution in [1.29, 1.82) is 0 Å². The third-order valence-electron chi connectivity index (χ3n) is 3.60. The summed E-state index contributed by atoms with van der Waals surface area (Å²) in [6, 6.07) is 10.5. The Morgan fingerprint density at radius 2 is 2.08 bits per heavy atom. The molecule has 7 nitrogen and oxygen atoms in total. The molecule has 0 aliphatic carbocycles. The van der Waals surface area contributed by atoms with Crippen LogP contribution in [0.25, 0.3) is 11.0 Å². The number of amides is 1. The summed E-state index contributed by atoms with van der Waals surface area (Å²) in [5.74, 6) is 0.413. The van der Waals surface area contributed by atoms with E-state index in [0.717, 1.165) is 22.4 Å². The Hall–Kier alpha value is -2.23. The largest absolute Gasteiger partial charge is 0.346 e. The number of rotatable bonds is 7. The number of aromatic amines is 1. The molecule has 0 fully saturated rings. The van der Waals surface area contributed by atoms with Crippen molar-refractivity contribution in [3.05, 3.63) is 47.6 Å². The van der Waals surface area contributed by atoms with Gasteiger partial charge in [-0.05, 0) is 30.5 Å². The van der Waals surface area contributed by atoms with Crippen LogP contribution in [-0.4, -0.2) is 30.8 Å². The minimum Gasteiger partial charge on any atom is -0.346 e. The van der Waals surface area contributed by atoms with E-state index in [1.807, 2.05) is 31.2 Å². The van der Waals surface area contributed by atoms with Gasteiger partial charge < -0.3 is 10.3 Å². The van der Waals surface area contributed by atoms with Gasteiger partial charge >= 0.3 is 0 Å². The number of hydrogen-bond donors (Lipinski definition) is 3. The second-order valence-electron chi connectivity index (χ2n) is 5.51. The number of carbonyl (C=O) groups excluding carboxylic acids is 1. The molecule has 3 rings (SSSR count). The number of sulfonamides is 1. The van der Waals surface area contributed by atoms with Gasteiger partial charge in [-0.15, -0.1) is 11.3 Å². The van der Waals surface area contributed by atoms with E-state index in [4.69, 9.17) is 0 Å². The molecule has 1 aromatic carbocycles. The lowest BCUT2D eigenvalue weighted by Crippen LogP contribution is -2.32. The molecule has 0 bridgehead atoms. The maximum Gasteiger partial charge on any atom is 0.250 e. The van der Waals surface area contributed by atoms with Crippen molar-refractivity contribution in [1.82, 2.24) is 20.0 Å². The molecular weight excluding hydrogens is 360 g/mol. The molecule has 0 spiro atoms. The van der Waals surface area contributed by atoms with Crippen LogP contribution in [0.4, 0.5) is 0 Å². The number of imidazole rings is 1. The van der Waals surface area contributed by atoms with Gasteiger partial charge in [0.1, 0.15) is 10.0 Å². The van der Waals surface area contributed by atoms with Crippen LogP contribution in [0.1, 0.15) is 25.2 Å². The minimum absolute atomic E-state index is 0.0406. The molecule has 1 amide bonds. The van der Waals surface area contributed by atoms with Gasteiger partial charge in [-0.25, -0.2) is 18.1 Å². The fourth-order valence-corrected chi connectivity index (χ4v) is 4.42. The van der Waals surface area contributed by atoms with Gasteiger partial charge in [-0.3, -0.25) is 4.79 Å². The minimum atomic E-state index is -3.54. The van der Waals surface area contributed by atoms with Crippen LogP contribution in [-0.2, 0) is 14.8 Å². The number of carbonyl (C=O) groups is 1. The standard InChI is InChI=1S/C16H18N4O3S2/c1-11(16-19-12-5-2-3-6-13(12)20-16)18-14(21)8-9-17-25(22,23)15-7-4-10-24-15/h2-7,10-11,17H,8-9H2,1H3,(H,18,21)(H,19,20)/t11-/m0/s1. The number of aromatic nitrogens is 2. The number of fused-ring (bicyclic) bond motifs is 1. The zero-order valence-electron chi connectivity index (χ0n) is 13.5. The number of hydrogen-bond acceptors (Lipinski definition) is 5. The van der Waals surface area contributed by atoms with E-state index in [-0.39, 0.29) is 29.1 Å². The van der Waals surface area contributed by atoms with E-state index >= 15 is 0 Å². The summed E-state index contributed by atoms with van der Waals surface area (Å²) in [6.07, 6.45) is 0.0508. The Labute approximate surface area is 149 Å². The topological polar surface area (TPSA) is 104 Å². The average molecular weight is 378 g/mol. The van der Waals surface area contributed by atoms with Crippen molar-refractivity contribution in [3.8, 4) is 0 Å². The number of nitrogens with zero attached hydrogens (tertiary/aromatic N) is 1. The van der Waals surface area contributed by atoms with Gasteiger partial charge in [0, 0.05) is 13.0 Å². The van der Waals surface area contributed by atoms with E-state index < -0.39 is 10.0 Å². The molecular formula is C16H18N4O3S2. The zero-order chi connectivity index (χ0) is 17.9. The van der Waals surface area contributed by atoms with Crippen LogP contribution in [0.2, 0.25) is 0 Å². The van der Waals surface area contributed by atoms with E-state index in [1.165, 1.54) is 6.07 Å². The Morgan fingerprint density at radius 3 is 2.80 bits per heavy atom. The van der Waals surface area contributed by atoms with Crippen molar-refractivity contribution in [2.75, 3.05) is 6.54 Å². The maximum atomic E-state index is 12.0. The summed E-state index contributed by atoms with van der Waals surface area (Å²) in [7, 11) is -3.54. The fraction of sp³-hybridized carbons (Fsp3) is 0.250. The third-order valence-corrected chi connectivity index (χ3v) is 6.46. The number of thiophene rings is 1. The van der Waals surface area contributed by atoms with Crippen LogP contribution in [0.5, 0.6) is 0 Å². The Kier molecular flexibility index (Phi) is 5.16. The first kappa shape index (κ1) is 17.6. The number of nitrogens with one attached hydrogen (secondary N) is 3. The first-order chi connectivity index (χ1) is 12.0. The smallest absolute Gasteiger partial charge is 0.250 e. The van der Waals surface area contributed by atoms with Crippen molar-refractivity contribution in [2.45, 2.75) is 23.6 Å². The summed E-state index contributed by atoms with van der Waals surface area (Å²) >= 11 is 1.14. The zero-order valence-corrected chi connectivity index (χ0v) is 15.2. The van der Waals surface area contributed by atoms with E-state index in [1.54, 1.807) is 11.4 Å². The molecule has 3 aromatic rings. The number of H-pyrrole nitrogens is 1. The van der Waals surface area contributed by atoms with Gasteiger partial charge in [-0.1, -0.05) is 18.2 Å². The molecule has 25 heavy (non-hydrogen) atoms. The van der Waals surface area contributed by atoms with Gasteiger partial charge in [0.2, 0.25) is 15.9 Å². The molecule has 132 valence electrons. The normalized spacial score (nSPS) is 13.0. The summed E-state index contributed by atoms with van der Waals surface area (Å²) < 4.78 is 26.6. The Bertz CT molecular complexity index is 931. The van der Waals surface area contributed by atoms with Gasteiger partial charge in [0.25, 0.3) is 0 Å². The quantitative estimate of drug-likeness (QED) is 0.586. The van der Waals surface area contributed by atoms with Crippen molar-refractivity contribution < 1.29 is 13.2 Å². The van der Waals surface area contributed by atoms with E-state index in [9.17, 15) is 13.2 Å². The summed E-state index contributed by atoms with van der Waals surface area (Å²) in [5.41, 5.74) is 1.74. The Morgan fingerprint density at radius 1 is 1.28 bits per heavy atom. The first-order valence-corrected chi connectivity index (χ1v) is 10.1. The van der Waals surface area contributed by atoms with Crippen LogP contribution >= 0.6 is 11.3 Å². The summed E-state index contributed by atoms with van der Waals surface area (Å²) in [5, 5.41) is 4.50. The van der Waals surface area contributed by atoms with Gasteiger partial charge in [0.15, 0.2) is 0 Å². The highest BCUT2D eigenvalue weighted by Crippen LogP contribution is 2.16. The van der Waals surface area contributed by atoms with Crippen molar-refractivity contribution in [2.24, 2.45) is 0 Å². The lowest BCUT2D eigenvalue weighted by atomic mass is 10.3. The van der Waals surface area contributed by atoms with Crippen molar-refractivity contribution >= 4 is 38.3 Å². The van der Waals surface area contributed by atoms with Gasteiger partial charge in [0.05, 0.1) is 17.1 Å². The monoisotopic (exact) mass is 378 g/mol. The lowest BCUT2D eigenvalue weighted by molar-refractivity contribution is -0.121. The van der Waals surface area contributed by atoms with Crippen LogP contribution in [0, 0.1) is 0 Å². The van der Waals surface area contributed by atoms with E-state index in [2.05, 4.69) is 20.0 Å². The molecule has 0 radical (unpaired) electrons. The molecule has 0 saturated heterocycles. The lowest BCUT2D eigenvalue weighted by Gasteiger charge is -2.11. The summed E-state index contributed by atoms with van der Waals surface area (Å²) in [4.78, 5) is 19.6. The predicted octanol–water partition coefficient (Wildman–Crippen LogP) is 2.17. The fourth-order valence-electron chi connectivity index (χ4n) is 2.35. The highest BCUT2D eigenvalue weighted by molar-refractivity contribution is 7.91. The molecule has 2 heterocycles. The molecule has 2 aromatic heterocycles. The summed E-state index contributed by atoms with van der Waals surface area (Å²) in [6.45, 7) is 1.87. The van der Waals surface area contributed by atoms with Gasteiger partial charge in [-0.2, -0.15) is 0 Å². The molecule has 0 aliphatic rings. The maximum absolute atomic E-state index is 12.0. The predicted molar refractivity (Wildman–Crippen MR) is 96.8 cm³/mol. The van der Waals surface area contributed by atoms with Crippen LogP contribution in [0.3, 0.4) is 0 Å². The molecule has 0 unspecified atom stereocenters. The first-order valence-electron chi connectivity index (χ1n) is 7.73. The van der Waals surface area contributed by atoms with Crippen LogP contribution in [0.15, 0.2) is 46.0 Å². The second-order valence-corrected chi connectivity index (χ2v) is 8.45. The average Bonchev–Trinajstić information content (AvgIpc) is 3.24. The van der Waals surface area contributed by atoms with Crippen molar-refractivity contribution in [3.63, 3.8) is 0 Å². The highest BCUT2D eigenvalue weighted by atomic mass is 32.2. The molecule has 0 aliphatic heterocycles. The highest BCUT2D eigenvalue weighted by Gasteiger charge is 2.17. The number of para-hydroxylation sites is 2. The second kappa shape index (κ2) is 7.34. The van der Waals surface area contributed by atoms with Crippen LogP contribution < -0.4 is 10.0 Å². The Balaban J connectivity index is 1.52. The molecule has 0 saturated carbocycles. The SMILES string of the molecule is C[C@H](NC(=O)CCNS(=O)(=O)c1cccs1)c1nc2ccccc2[nH]1.